The summed E-state index contributed by atoms with van der Waals surface area (Å²) in [6, 6.07) is 16.3. The van der Waals surface area contributed by atoms with Crippen molar-refractivity contribution >= 4 is 15.9 Å². The molecule has 0 fully saturated rings. The van der Waals surface area contributed by atoms with Gasteiger partial charge in [0.05, 0.1) is 16.6 Å². The minimum absolute atomic E-state index is 0.213. The van der Waals surface area contributed by atoms with E-state index in [1.54, 1.807) is 24.3 Å². The molecule has 0 radical (unpaired) electrons. The number of nitrogens with zero attached hydrogens (tertiary/aromatic N) is 3. The third-order valence-corrected chi connectivity index (χ3v) is 8.28. The average Bonchev–Trinajstić information content (AvgIpc) is 3.43. The molecule has 0 saturated heterocycles. The van der Waals surface area contributed by atoms with E-state index in [1.165, 1.54) is 4.31 Å². The second-order valence-electron chi connectivity index (χ2n) is 8.23. The van der Waals surface area contributed by atoms with E-state index in [1.807, 2.05) is 55.8 Å². The number of carbonyl (C=O) groups is 1. The van der Waals surface area contributed by atoms with Crippen LogP contribution in [0, 0.1) is 0 Å². The SMILES string of the molecule is CCN(CC)S(=O)(=O)c1ccc(C(C)NC(=O)c2nn(-c3ccccc3)c3c2CCC3)cc1. The molecule has 1 aliphatic carbocycles. The second-order valence-corrected chi connectivity index (χ2v) is 10.2. The first-order valence-electron chi connectivity index (χ1n) is 11.4. The fraction of sp³-hybridized carbons (Fsp3) is 0.360. The number of para-hydroxylation sites is 1. The molecule has 1 heterocycles. The summed E-state index contributed by atoms with van der Waals surface area (Å²) in [5, 5.41) is 7.69. The van der Waals surface area contributed by atoms with E-state index in [2.05, 4.69) is 10.4 Å². The second kappa shape index (κ2) is 9.49. The molecule has 0 aliphatic heterocycles. The zero-order chi connectivity index (χ0) is 23.6. The van der Waals surface area contributed by atoms with E-state index in [9.17, 15) is 13.2 Å². The number of fused-ring (bicyclic) bond motifs is 1. The summed E-state index contributed by atoms with van der Waals surface area (Å²) in [6.45, 7) is 6.38. The van der Waals surface area contributed by atoms with E-state index in [4.69, 9.17) is 0 Å². The van der Waals surface area contributed by atoms with Crippen LogP contribution in [0.5, 0.6) is 0 Å². The Balaban J connectivity index is 1.53. The molecule has 174 valence electrons. The monoisotopic (exact) mass is 466 g/mol. The lowest BCUT2D eigenvalue weighted by molar-refractivity contribution is 0.0933. The van der Waals surface area contributed by atoms with Crippen LogP contribution >= 0.6 is 0 Å². The Hall–Kier alpha value is -2.97. The smallest absolute Gasteiger partial charge is 0.272 e. The molecular formula is C25H30N4O3S. The Kier molecular flexibility index (Phi) is 6.67. The Morgan fingerprint density at radius 3 is 2.36 bits per heavy atom. The Bertz CT molecular complexity index is 1230. The molecule has 1 atom stereocenters. The number of rotatable bonds is 8. The molecule has 0 bridgehead atoms. The topological polar surface area (TPSA) is 84.3 Å². The number of sulfonamides is 1. The zero-order valence-corrected chi connectivity index (χ0v) is 20.1. The van der Waals surface area contributed by atoms with Crippen LogP contribution in [0.25, 0.3) is 5.69 Å². The summed E-state index contributed by atoms with van der Waals surface area (Å²) in [5.41, 5.74) is 4.38. The van der Waals surface area contributed by atoms with Gasteiger partial charge in [-0.15, -0.1) is 0 Å². The summed E-state index contributed by atoms with van der Waals surface area (Å²) in [7, 11) is -3.51. The number of hydrogen-bond donors (Lipinski definition) is 1. The van der Waals surface area contributed by atoms with Gasteiger partial charge in [0, 0.05) is 24.3 Å². The molecule has 0 saturated carbocycles. The Morgan fingerprint density at radius 1 is 1.06 bits per heavy atom. The van der Waals surface area contributed by atoms with Crippen LogP contribution in [0.15, 0.2) is 59.5 Å². The van der Waals surface area contributed by atoms with E-state index < -0.39 is 10.0 Å². The molecular weight excluding hydrogens is 436 g/mol. The highest BCUT2D eigenvalue weighted by atomic mass is 32.2. The van der Waals surface area contributed by atoms with Gasteiger partial charge in [-0.2, -0.15) is 9.40 Å². The lowest BCUT2D eigenvalue weighted by Gasteiger charge is -2.19. The molecule has 0 spiro atoms. The largest absolute Gasteiger partial charge is 0.344 e. The van der Waals surface area contributed by atoms with Gasteiger partial charge in [0.1, 0.15) is 0 Å². The lowest BCUT2D eigenvalue weighted by atomic mass is 10.1. The molecule has 4 rings (SSSR count). The number of nitrogens with one attached hydrogen (secondary N) is 1. The van der Waals surface area contributed by atoms with Gasteiger partial charge in [0.15, 0.2) is 5.69 Å². The van der Waals surface area contributed by atoms with Crippen LogP contribution in [0.4, 0.5) is 0 Å². The summed E-state index contributed by atoms with van der Waals surface area (Å²) < 4.78 is 28.7. The van der Waals surface area contributed by atoms with E-state index in [-0.39, 0.29) is 16.8 Å². The van der Waals surface area contributed by atoms with Crippen LogP contribution in [-0.2, 0) is 22.9 Å². The fourth-order valence-corrected chi connectivity index (χ4v) is 5.85. The highest BCUT2D eigenvalue weighted by molar-refractivity contribution is 7.89. The molecule has 7 nitrogen and oxygen atoms in total. The number of amides is 1. The van der Waals surface area contributed by atoms with Crippen molar-refractivity contribution < 1.29 is 13.2 Å². The number of benzene rings is 2. The van der Waals surface area contributed by atoms with Crippen molar-refractivity contribution in [3.8, 4) is 5.69 Å². The van der Waals surface area contributed by atoms with Crippen LogP contribution in [0.1, 0.15) is 60.5 Å². The first-order valence-corrected chi connectivity index (χ1v) is 12.9. The van der Waals surface area contributed by atoms with Crippen molar-refractivity contribution in [1.29, 1.82) is 0 Å². The lowest BCUT2D eigenvalue weighted by Crippen LogP contribution is -2.30. The highest BCUT2D eigenvalue weighted by Gasteiger charge is 2.28. The van der Waals surface area contributed by atoms with Gasteiger partial charge in [-0.05, 0) is 56.0 Å². The van der Waals surface area contributed by atoms with Crippen molar-refractivity contribution in [2.75, 3.05) is 13.1 Å². The summed E-state index contributed by atoms with van der Waals surface area (Å²) in [6.07, 6.45) is 2.76. The number of hydrogen-bond acceptors (Lipinski definition) is 4. The van der Waals surface area contributed by atoms with Crippen LogP contribution in [0.2, 0.25) is 0 Å². The van der Waals surface area contributed by atoms with Crippen molar-refractivity contribution in [3.63, 3.8) is 0 Å². The quantitative estimate of drug-likeness (QED) is 0.546. The average molecular weight is 467 g/mol. The maximum Gasteiger partial charge on any atom is 0.272 e. The van der Waals surface area contributed by atoms with Gasteiger partial charge < -0.3 is 5.32 Å². The molecule has 1 N–H and O–H groups in total. The third kappa shape index (κ3) is 4.45. The van der Waals surface area contributed by atoms with Gasteiger partial charge >= 0.3 is 0 Å². The normalized spacial score (nSPS) is 14.3. The standard InChI is InChI=1S/C25H30N4O3S/c1-4-28(5-2)33(31,32)21-16-14-19(15-17-21)18(3)26-25(30)24-22-12-9-13-23(22)29(27-24)20-10-7-6-8-11-20/h6-8,10-11,14-18H,4-5,9,12-13H2,1-3H3,(H,26,30). The molecule has 1 unspecified atom stereocenters. The van der Waals surface area contributed by atoms with Gasteiger partial charge in [-0.1, -0.05) is 44.2 Å². The number of aromatic nitrogens is 2. The molecule has 1 aromatic heterocycles. The molecule has 33 heavy (non-hydrogen) atoms. The predicted molar refractivity (Wildman–Crippen MR) is 128 cm³/mol. The van der Waals surface area contributed by atoms with E-state index >= 15 is 0 Å². The first kappa shape index (κ1) is 23.2. The Labute approximate surface area is 195 Å². The molecule has 1 amide bonds. The van der Waals surface area contributed by atoms with Crippen LogP contribution < -0.4 is 5.32 Å². The fourth-order valence-electron chi connectivity index (χ4n) is 4.39. The van der Waals surface area contributed by atoms with Crippen molar-refractivity contribution in [1.82, 2.24) is 19.4 Å². The van der Waals surface area contributed by atoms with Gasteiger partial charge in [-0.25, -0.2) is 13.1 Å². The molecule has 3 aromatic rings. The molecule has 1 aliphatic rings. The van der Waals surface area contributed by atoms with Crippen molar-refractivity contribution in [2.24, 2.45) is 0 Å². The minimum atomic E-state index is -3.51. The van der Waals surface area contributed by atoms with Gasteiger partial charge in [0.25, 0.3) is 5.91 Å². The maximum absolute atomic E-state index is 13.1. The van der Waals surface area contributed by atoms with Gasteiger partial charge in [-0.3, -0.25) is 4.79 Å². The van der Waals surface area contributed by atoms with Crippen molar-refractivity contribution in [2.45, 2.75) is 51.0 Å². The van der Waals surface area contributed by atoms with E-state index in [0.29, 0.717) is 18.8 Å². The van der Waals surface area contributed by atoms with Crippen LogP contribution in [0.3, 0.4) is 0 Å². The summed E-state index contributed by atoms with van der Waals surface area (Å²) in [5.74, 6) is -0.213. The first-order chi connectivity index (χ1) is 15.9. The summed E-state index contributed by atoms with van der Waals surface area (Å²) in [4.78, 5) is 13.4. The van der Waals surface area contributed by atoms with Gasteiger partial charge in [0.2, 0.25) is 10.0 Å². The molecule has 8 heteroatoms. The maximum atomic E-state index is 13.1. The highest BCUT2D eigenvalue weighted by Crippen LogP contribution is 2.28. The van der Waals surface area contributed by atoms with Crippen molar-refractivity contribution in [3.05, 3.63) is 77.1 Å². The number of carbonyl (C=O) groups excluding carboxylic acids is 1. The zero-order valence-electron chi connectivity index (χ0n) is 19.3. The van der Waals surface area contributed by atoms with Crippen LogP contribution in [-0.4, -0.2) is 41.5 Å². The molecule has 2 aromatic carbocycles. The predicted octanol–water partition coefficient (Wildman–Crippen LogP) is 3.88. The summed E-state index contributed by atoms with van der Waals surface area (Å²) >= 11 is 0. The third-order valence-electron chi connectivity index (χ3n) is 6.22. The minimum Gasteiger partial charge on any atom is -0.344 e. The van der Waals surface area contributed by atoms with E-state index in [0.717, 1.165) is 41.8 Å². The Morgan fingerprint density at radius 2 is 1.73 bits per heavy atom.